The summed E-state index contributed by atoms with van der Waals surface area (Å²) >= 11 is 0. The van der Waals surface area contributed by atoms with E-state index in [0.717, 1.165) is 0 Å². The summed E-state index contributed by atoms with van der Waals surface area (Å²) in [5.74, 6) is -0.793. The lowest BCUT2D eigenvalue weighted by molar-refractivity contribution is -0.145. The van der Waals surface area contributed by atoms with Gasteiger partial charge in [-0.15, -0.1) is 0 Å². The largest absolute Gasteiger partial charge is 0.466 e. The van der Waals surface area contributed by atoms with Gasteiger partial charge in [-0.3, -0.25) is 14.4 Å². The topological polar surface area (TPSA) is 225 Å². The van der Waals surface area contributed by atoms with E-state index in [-0.39, 0.29) is 44.3 Å². The van der Waals surface area contributed by atoms with E-state index in [0.29, 0.717) is 184 Å². The minimum absolute atomic E-state index is 0.0112. The first-order valence-electron chi connectivity index (χ1n) is 22.6. The Labute approximate surface area is 381 Å². The van der Waals surface area contributed by atoms with Crippen LogP contribution in [0, 0.1) is 0 Å². The van der Waals surface area contributed by atoms with Crippen molar-refractivity contribution >= 4 is 23.9 Å². The number of amides is 3. The summed E-state index contributed by atoms with van der Waals surface area (Å²) in [5.41, 5.74) is -0.609. The van der Waals surface area contributed by atoms with Crippen molar-refractivity contribution in [2.45, 2.75) is 65.4 Å². The Morgan fingerprint density at radius 2 is 0.797 bits per heavy atom. The van der Waals surface area contributed by atoms with Gasteiger partial charge in [0, 0.05) is 46.1 Å². The third kappa shape index (κ3) is 47.2. The maximum atomic E-state index is 12.8. The molecule has 0 aromatic carbocycles. The Morgan fingerprint density at radius 3 is 1.14 bits per heavy atom. The van der Waals surface area contributed by atoms with Crippen LogP contribution in [0.2, 0.25) is 0 Å². The van der Waals surface area contributed by atoms with E-state index in [1.165, 1.54) is 0 Å². The van der Waals surface area contributed by atoms with Gasteiger partial charge in [-0.25, -0.2) is 4.79 Å². The maximum absolute atomic E-state index is 12.8. The zero-order chi connectivity index (χ0) is 47.0. The van der Waals surface area contributed by atoms with Crippen LogP contribution in [0.15, 0.2) is 0 Å². The lowest BCUT2D eigenvalue weighted by Crippen LogP contribution is -2.38. The van der Waals surface area contributed by atoms with Crippen LogP contribution in [0.3, 0.4) is 0 Å². The number of esters is 1. The Hall–Kier alpha value is -2.80. The molecule has 3 amide bonds. The lowest BCUT2D eigenvalue weighted by atomic mass is 10.2. The summed E-state index contributed by atoms with van der Waals surface area (Å²) in [7, 11) is 1.64. The number of carbonyl (C=O) groups is 4. The molecule has 2 N–H and O–H groups in total. The summed E-state index contributed by atoms with van der Waals surface area (Å²) in [6, 6.07) is 0. The van der Waals surface area contributed by atoms with E-state index in [1.54, 1.807) is 39.7 Å². The zero-order valence-corrected chi connectivity index (χ0v) is 39.6. The third-order valence-corrected chi connectivity index (χ3v) is 8.03. The van der Waals surface area contributed by atoms with Crippen molar-refractivity contribution in [3.8, 4) is 0 Å². The number of ether oxygens (including phenoxy) is 14. The third-order valence-electron chi connectivity index (χ3n) is 8.03. The molecule has 0 aromatic rings. The molecule has 378 valence electrons. The highest BCUT2D eigenvalue weighted by atomic mass is 16.6. The summed E-state index contributed by atoms with van der Waals surface area (Å²) < 4.78 is 75.1. The smallest absolute Gasteiger partial charge is 0.407 e. The SMILES string of the molecule is CCOC(=O)CCC(=O)N(CCCNC(=O)CCOCCOCCOCCOCCOCCOCCOCCOCCOCCOCCOCCOC)CCCNC(=O)OC(C)(C)C. The van der Waals surface area contributed by atoms with Crippen molar-refractivity contribution in [2.24, 2.45) is 0 Å². The molecule has 0 fully saturated rings. The van der Waals surface area contributed by atoms with E-state index in [1.807, 2.05) is 0 Å². The molecule has 0 rings (SSSR count). The molecule has 0 saturated heterocycles. The molecule has 0 spiro atoms. The van der Waals surface area contributed by atoms with Crippen LogP contribution >= 0.6 is 0 Å². The predicted octanol–water partition coefficient (Wildman–Crippen LogP) is 1.80. The first-order valence-corrected chi connectivity index (χ1v) is 22.6. The molecule has 0 aromatic heterocycles. The van der Waals surface area contributed by atoms with E-state index in [4.69, 9.17) is 66.3 Å². The summed E-state index contributed by atoms with van der Waals surface area (Å²) in [6.45, 7) is 19.5. The van der Waals surface area contributed by atoms with Crippen molar-refractivity contribution in [3.63, 3.8) is 0 Å². The van der Waals surface area contributed by atoms with Crippen molar-refractivity contribution < 1.29 is 85.5 Å². The summed E-state index contributed by atoms with van der Waals surface area (Å²) in [5, 5.41) is 5.51. The second kappa shape index (κ2) is 46.7. The molecule has 0 unspecified atom stereocenters. The van der Waals surface area contributed by atoms with E-state index >= 15 is 0 Å². The number of methoxy groups -OCH3 is 1. The van der Waals surface area contributed by atoms with E-state index in [2.05, 4.69) is 10.6 Å². The molecule has 64 heavy (non-hydrogen) atoms. The second-order valence-corrected chi connectivity index (χ2v) is 14.7. The number of hydrogen-bond acceptors (Lipinski definition) is 18. The van der Waals surface area contributed by atoms with Gasteiger partial charge in [0.1, 0.15) is 5.60 Å². The van der Waals surface area contributed by atoms with Crippen molar-refractivity contribution in [1.29, 1.82) is 0 Å². The number of hydrogen-bond donors (Lipinski definition) is 2. The van der Waals surface area contributed by atoms with Gasteiger partial charge in [-0.2, -0.15) is 0 Å². The predicted molar refractivity (Wildman–Crippen MR) is 234 cm³/mol. The van der Waals surface area contributed by atoms with Crippen molar-refractivity contribution in [2.75, 3.05) is 192 Å². The number of alkyl carbamates (subject to hydrolysis) is 1. The highest BCUT2D eigenvalue weighted by Gasteiger charge is 2.18. The highest BCUT2D eigenvalue weighted by molar-refractivity contribution is 5.81. The minimum Gasteiger partial charge on any atom is -0.466 e. The molecule has 0 aliphatic carbocycles. The molecule has 0 bridgehead atoms. The van der Waals surface area contributed by atoms with Crippen LogP contribution in [-0.2, 0) is 80.7 Å². The fourth-order valence-corrected chi connectivity index (χ4v) is 4.93. The van der Waals surface area contributed by atoms with Gasteiger partial charge in [0.25, 0.3) is 0 Å². The van der Waals surface area contributed by atoms with Crippen LogP contribution in [-0.4, -0.2) is 226 Å². The molecule has 0 atom stereocenters. The van der Waals surface area contributed by atoms with Gasteiger partial charge in [0.2, 0.25) is 11.8 Å². The molecule has 21 heteroatoms. The van der Waals surface area contributed by atoms with Crippen molar-refractivity contribution in [3.05, 3.63) is 0 Å². The molecule has 0 radical (unpaired) electrons. The molecule has 0 heterocycles. The Morgan fingerprint density at radius 1 is 0.453 bits per heavy atom. The van der Waals surface area contributed by atoms with Crippen molar-refractivity contribution in [1.82, 2.24) is 15.5 Å². The monoisotopic (exact) mass is 930 g/mol. The first-order chi connectivity index (χ1) is 31.1. The van der Waals surface area contributed by atoms with Gasteiger partial charge in [-0.1, -0.05) is 0 Å². The quantitative estimate of drug-likeness (QED) is 0.0656. The van der Waals surface area contributed by atoms with Gasteiger partial charge < -0.3 is 81.8 Å². The van der Waals surface area contributed by atoms with Gasteiger partial charge in [-0.05, 0) is 40.5 Å². The zero-order valence-electron chi connectivity index (χ0n) is 39.6. The minimum atomic E-state index is -0.609. The summed E-state index contributed by atoms with van der Waals surface area (Å²) in [6.07, 6.45) is 0.688. The Balaban J connectivity index is 3.58. The normalized spacial score (nSPS) is 11.5. The van der Waals surface area contributed by atoms with Crippen LogP contribution in [0.4, 0.5) is 4.79 Å². The average molecular weight is 930 g/mol. The molecular weight excluding hydrogens is 846 g/mol. The lowest BCUT2D eigenvalue weighted by Gasteiger charge is -2.23. The molecule has 0 saturated carbocycles. The fourth-order valence-electron chi connectivity index (χ4n) is 4.93. The molecule has 0 aliphatic rings. The average Bonchev–Trinajstić information content (AvgIpc) is 3.25. The van der Waals surface area contributed by atoms with Gasteiger partial charge in [0.05, 0.1) is 165 Å². The van der Waals surface area contributed by atoms with E-state index < -0.39 is 17.7 Å². The molecule has 21 nitrogen and oxygen atoms in total. The van der Waals surface area contributed by atoms with Crippen LogP contribution in [0.1, 0.15) is 59.8 Å². The maximum Gasteiger partial charge on any atom is 0.407 e. The van der Waals surface area contributed by atoms with Gasteiger partial charge >= 0.3 is 12.1 Å². The number of carbonyl (C=O) groups excluding carboxylic acids is 4. The fraction of sp³-hybridized carbons (Fsp3) is 0.907. The highest BCUT2D eigenvalue weighted by Crippen LogP contribution is 2.07. The van der Waals surface area contributed by atoms with Crippen LogP contribution in [0.5, 0.6) is 0 Å². The van der Waals surface area contributed by atoms with Gasteiger partial charge in [0.15, 0.2) is 0 Å². The number of nitrogens with zero attached hydrogens (tertiary/aromatic N) is 1. The number of rotatable bonds is 48. The Kier molecular flexibility index (Phi) is 44.7. The van der Waals surface area contributed by atoms with Crippen LogP contribution in [0.25, 0.3) is 0 Å². The first kappa shape index (κ1) is 61.2. The van der Waals surface area contributed by atoms with E-state index in [9.17, 15) is 19.2 Å². The molecular formula is C43H83N3O18. The second-order valence-electron chi connectivity index (χ2n) is 14.7. The van der Waals surface area contributed by atoms with Crippen LogP contribution < -0.4 is 10.6 Å². The number of nitrogens with one attached hydrogen (secondary N) is 2. The summed E-state index contributed by atoms with van der Waals surface area (Å²) in [4.78, 5) is 50.4. The molecule has 0 aliphatic heterocycles. The standard InChI is InChI=1S/C43H83N3O18/c1-6-63-41(49)10-9-40(48)46(15-8-13-45-42(50)64-43(2,3)4)14-7-12-44-39(47)11-16-52-19-20-54-23-24-56-27-28-58-31-32-60-35-36-62-38-37-61-34-33-59-30-29-57-26-25-55-22-21-53-18-17-51-5/h6-38H2,1-5H3,(H,44,47)(H,45,50). The Bertz CT molecular complexity index is 1090.